The smallest absolute Gasteiger partial charge is 0.390 e. The van der Waals surface area contributed by atoms with Gasteiger partial charge < -0.3 is 10.4 Å². The molecule has 22 heavy (non-hydrogen) atoms. The fourth-order valence-electron chi connectivity index (χ4n) is 2.45. The van der Waals surface area contributed by atoms with Crippen molar-refractivity contribution in [3.63, 3.8) is 0 Å². The molecule has 3 nitrogen and oxygen atoms in total. The van der Waals surface area contributed by atoms with Gasteiger partial charge in [0.05, 0.1) is 6.42 Å². The van der Waals surface area contributed by atoms with Crippen LogP contribution in [0.2, 0.25) is 0 Å². The predicted octanol–water partition coefficient (Wildman–Crippen LogP) is 3.90. The van der Waals surface area contributed by atoms with E-state index >= 15 is 0 Å². The van der Waals surface area contributed by atoms with Crippen LogP contribution in [0, 0.1) is 0 Å². The second kappa shape index (κ2) is 9.17. The molecule has 2 N–H and O–H groups in total. The number of piperazine rings is 1. The van der Waals surface area contributed by atoms with Crippen LogP contribution in [0.25, 0.3) is 0 Å². The summed E-state index contributed by atoms with van der Waals surface area (Å²) in [6.45, 7) is 2.39. The molecule has 1 atom stereocenters. The van der Waals surface area contributed by atoms with E-state index in [-0.39, 0.29) is 30.6 Å². The van der Waals surface area contributed by atoms with Crippen molar-refractivity contribution in [3.8, 4) is 5.75 Å². The highest BCUT2D eigenvalue weighted by molar-refractivity contribution is 9.10. The average Bonchev–Trinajstić information content (AvgIpc) is 2.36. The minimum atomic E-state index is -4.27. The molecule has 0 amide bonds. The van der Waals surface area contributed by atoms with Gasteiger partial charge in [0.2, 0.25) is 0 Å². The van der Waals surface area contributed by atoms with E-state index in [1.165, 1.54) is 6.07 Å². The highest BCUT2D eigenvalue weighted by atomic mass is 79.9. The van der Waals surface area contributed by atoms with Gasteiger partial charge in [-0.1, -0.05) is 22.0 Å². The maximum Gasteiger partial charge on any atom is 0.390 e. The number of nitrogens with one attached hydrogen (secondary N) is 1. The van der Waals surface area contributed by atoms with Crippen molar-refractivity contribution in [2.75, 3.05) is 26.2 Å². The Hall–Kier alpha value is -0.210. The first kappa shape index (κ1) is 21.8. The summed E-state index contributed by atoms with van der Waals surface area (Å²) in [5.41, 5.74) is 0.326. The zero-order chi connectivity index (χ0) is 14.8. The van der Waals surface area contributed by atoms with Gasteiger partial charge in [-0.15, -0.1) is 24.8 Å². The normalized spacial score (nSPS) is 17.3. The van der Waals surface area contributed by atoms with Crippen LogP contribution in [-0.4, -0.2) is 42.4 Å². The Morgan fingerprint density at radius 1 is 1.23 bits per heavy atom. The Morgan fingerprint density at radius 2 is 1.82 bits per heavy atom. The van der Waals surface area contributed by atoms with Crippen LogP contribution in [0.3, 0.4) is 0 Å². The van der Waals surface area contributed by atoms with Crippen molar-refractivity contribution in [3.05, 3.63) is 28.2 Å². The molecule has 0 spiro atoms. The van der Waals surface area contributed by atoms with Crippen molar-refractivity contribution in [1.82, 2.24) is 10.2 Å². The first-order valence-electron chi connectivity index (χ1n) is 6.37. The third-order valence-electron chi connectivity index (χ3n) is 3.37. The van der Waals surface area contributed by atoms with Crippen LogP contribution in [0.15, 0.2) is 22.7 Å². The number of rotatable bonds is 3. The standard InChI is InChI=1S/C13H16BrF3N2O.2ClH/c14-9-1-2-10(12(20)7-9)11(8-13(15,16)17)19-5-3-18-4-6-19;;/h1-2,7,11,18,20H,3-6,8H2;2*1H/t11-;;/m1../s1. The molecule has 0 aliphatic carbocycles. The Kier molecular flexibility index (Phi) is 9.09. The molecule has 9 heteroatoms. The topological polar surface area (TPSA) is 35.5 Å². The van der Waals surface area contributed by atoms with E-state index in [9.17, 15) is 18.3 Å². The van der Waals surface area contributed by atoms with Crippen molar-refractivity contribution >= 4 is 40.7 Å². The molecule has 1 heterocycles. The number of aromatic hydroxyl groups is 1. The van der Waals surface area contributed by atoms with Gasteiger partial charge in [-0.05, 0) is 12.1 Å². The first-order valence-corrected chi connectivity index (χ1v) is 7.16. The molecular formula is C13H18BrCl2F3N2O. The van der Waals surface area contributed by atoms with E-state index in [0.29, 0.717) is 36.2 Å². The summed E-state index contributed by atoms with van der Waals surface area (Å²) < 4.78 is 39.1. The number of hydrogen-bond acceptors (Lipinski definition) is 3. The van der Waals surface area contributed by atoms with Crippen LogP contribution in [-0.2, 0) is 0 Å². The van der Waals surface area contributed by atoms with Gasteiger partial charge in [0.1, 0.15) is 5.75 Å². The lowest BCUT2D eigenvalue weighted by molar-refractivity contribution is -0.148. The summed E-state index contributed by atoms with van der Waals surface area (Å²) in [6, 6.07) is 3.80. The van der Waals surface area contributed by atoms with Gasteiger partial charge in [0, 0.05) is 42.3 Å². The van der Waals surface area contributed by atoms with Crippen LogP contribution < -0.4 is 5.32 Å². The molecule has 0 aromatic heterocycles. The Morgan fingerprint density at radius 3 is 2.32 bits per heavy atom. The summed E-state index contributed by atoms with van der Waals surface area (Å²) in [4.78, 5) is 1.77. The van der Waals surface area contributed by atoms with Gasteiger partial charge in [0.25, 0.3) is 0 Å². The summed E-state index contributed by atoms with van der Waals surface area (Å²) >= 11 is 3.20. The van der Waals surface area contributed by atoms with Gasteiger partial charge in [-0.3, -0.25) is 4.90 Å². The highest BCUT2D eigenvalue weighted by Gasteiger charge is 2.36. The summed E-state index contributed by atoms with van der Waals surface area (Å²) in [5, 5.41) is 13.1. The number of phenols is 1. The predicted molar refractivity (Wildman–Crippen MR) is 88.2 cm³/mol. The van der Waals surface area contributed by atoms with E-state index in [0.717, 1.165) is 0 Å². The fraction of sp³-hybridized carbons (Fsp3) is 0.538. The molecule has 1 saturated heterocycles. The molecule has 0 radical (unpaired) electrons. The van der Waals surface area contributed by atoms with Crippen molar-refractivity contribution < 1.29 is 18.3 Å². The molecule has 1 aromatic rings. The number of alkyl halides is 3. The highest BCUT2D eigenvalue weighted by Crippen LogP contribution is 2.38. The summed E-state index contributed by atoms with van der Waals surface area (Å²) in [6.07, 6.45) is -5.22. The first-order chi connectivity index (χ1) is 9.37. The number of hydrogen-bond donors (Lipinski definition) is 2. The van der Waals surface area contributed by atoms with E-state index in [1.54, 1.807) is 17.0 Å². The van der Waals surface area contributed by atoms with Gasteiger partial charge >= 0.3 is 6.18 Å². The zero-order valence-electron chi connectivity index (χ0n) is 11.6. The lowest BCUT2D eigenvalue weighted by Crippen LogP contribution is -2.46. The number of phenolic OH excluding ortho intramolecular Hbond substituents is 1. The second-order valence-electron chi connectivity index (χ2n) is 4.82. The van der Waals surface area contributed by atoms with Crippen LogP contribution >= 0.6 is 40.7 Å². The average molecular weight is 426 g/mol. The third-order valence-corrected chi connectivity index (χ3v) is 3.86. The lowest BCUT2D eigenvalue weighted by atomic mass is 10.00. The number of halogens is 6. The molecule has 2 rings (SSSR count). The Labute approximate surface area is 148 Å². The van der Waals surface area contributed by atoms with E-state index < -0.39 is 18.6 Å². The quantitative estimate of drug-likeness (QED) is 0.770. The monoisotopic (exact) mass is 424 g/mol. The minimum Gasteiger partial charge on any atom is -0.508 e. The molecule has 1 fully saturated rings. The SMILES string of the molecule is Cl.Cl.Oc1cc(Br)ccc1[C@@H](CC(F)(F)F)N1CCNCC1. The van der Waals surface area contributed by atoms with Crippen molar-refractivity contribution in [1.29, 1.82) is 0 Å². The van der Waals surface area contributed by atoms with Crippen LogP contribution in [0.5, 0.6) is 5.75 Å². The summed E-state index contributed by atoms with van der Waals surface area (Å²) in [7, 11) is 0. The van der Waals surface area contributed by atoms with Crippen LogP contribution in [0.1, 0.15) is 18.0 Å². The lowest BCUT2D eigenvalue weighted by Gasteiger charge is -2.35. The van der Waals surface area contributed by atoms with Gasteiger partial charge in [-0.25, -0.2) is 0 Å². The molecule has 0 bridgehead atoms. The number of nitrogens with zero attached hydrogens (tertiary/aromatic N) is 1. The molecule has 1 aliphatic rings. The summed E-state index contributed by atoms with van der Waals surface area (Å²) in [5.74, 6) is -0.104. The molecular weight excluding hydrogens is 408 g/mol. The Balaban J connectivity index is 0.00000220. The number of benzene rings is 1. The van der Waals surface area contributed by atoms with Gasteiger partial charge in [0.15, 0.2) is 0 Å². The minimum absolute atomic E-state index is 0. The van der Waals surface area contributed by atoms with E-state index in [1.807, 2.05) is 0 Å². The fourth-order valence-corrected chi connectivity index (χ4v) is 2.80. The zero-order valence-corrected chi connectivity index (χ0v) is 14.8. The maximum absolute atomic E-state index is 12.8. The van der Waals surface area contributed by atoms with Crippen molar-refractivity contribution in [2.45, 2.75) is 18.6 Å². The van der Waals surface area contributed by atoms with E-state index in [4.69, 9.17) is 0 Å². The third kappa shape index (κ3) is 6.12. The molecule has 0 unspecified atom stereocenters. The molecule has 128 valence electrons. The molecule has 1 aliphatic heterocycles. The van der Waals surface area contributed by atoms with Crippen LogP contribution in [0.4, 0.5) is 13.2 Å². The second-order valence-corrected chi connectivity index (χ2v) is 5.74. The molecule has 0 saturated carbocycles. The van der Waals surface area contributed by atoms with Crippen molar-refractivity contribution in [2.24, 2.45) is 0 Å². The Bertz CT molecular complexity index is 471. The largest absolute Gasteiger partial charge is 0.508 e. The maximum atomic E-state index is 12.8. The van der Waals surface area contributed by atoms with Gasteiger partial charge in [-0.2, -0.15) is 13.2 Å². The molecule has 1 aromatic carbocycles. The van der Waals surface area contributed by atoms with E-state index in [2.05, 4.69) is 21.2 Å².